The smallest absolute Gasteiger partial charge is 0.0919 e. The van der Waals surface area contributed by atoms with E-state index in [2.05, 4.69) is 5.32 Å². The zero-order valence-electron chi connectivity index (χ0n) is 7.29. The van der Waals surface area contributed by atoms with Crippen LogP contribution in [0.15, 0.2) is 11.9 Å². The SMILES string of the molecule is COC(CO)C1CC=C(N)NC1. The Morgan fingerprint density at radius 3 is 3.08 bits per heavy atom. The molecule has 2 unspecified atom stereocenters. The second-order valence-electron chi connectivity index (χ2n) is 2.99. The molecule has 1 heterocycles. The lowest BCUT2D eigenvalue weighted by Gasteiger charge is -2.27. The van der Waals surface area contributed by atoms with Gasteiger partial charge in [-0.25, -0.2) is 0 Å². The second-order valence-corrected chi connectivity index (χ2v) is 2.99. The summed E-state index contributed by atoms with van der Waals surface area (Å²) in [5, 5.41) is 12.0. The van der Waals surface area contributed by atoms with Crippen molar-refractivity contribution in [2.75, 3.05) is 20.3 Å². The molecule has 12 heavy (non-hydrogen) atoms. The van der Waals surface area contributed by atoms with Gasteiger partial charge in [0.05, 0.1) is 18.5 Å². The van der Waals surface area contributed by atoms with E-state index in [1.54, 1.807) is 7.11 Å². The van der Waals surface area contributed by atoms with Gasteiger partial charge in [-0.05, 0) is 12.5 Å². The molecule has 4 heteroatoms. The van der Waals surface area contributed by atoms with E-state index in [0.717, 1.165) is 18.8 Å². The molecule has 0 bridgehead atoms. The fraction of sp³-hybridized carbons (Fsp3) is 0.750. The highest BCUT2D eigenvalue weighted by Gasteiger charge is 2.21. The normalized spacial score (nSPS) is 25.8. The number of aliphatic hydroxyl groups excluding tert-OH is 1. The first-order chi connectivity index (χ1) is 5.77. The number of hydrogen-bond donors (Lipinski definition) is 3. The first-order valence-electron chi connectivity index (χ1n) is 4.11. The molecule has 70 valence electrons. The van der Waals surface area contributed by atoms with Crippen molar-refractivity contribution in [1.82, 2.24) is 5.32 Å². The Bertz CT molecular complexity index is 166. The third kappa shape index (κ3) is 2.12. The molecule has 1 aliphatic rings. The summed E-state index contributed by atoms with van der Waals surface area (Å²) >= 11 is 0. The van der Waals surface area contributed by atoms with Crippen molar-refractivity contribution in [3.63, 3.8) is 0 Å². The summed E-state index contributed by atoms with van der Waals surface area (Å²) in [6.07, 6.45) is 2.72. The highest BCUT2D eigenvalue weighted by Crippen LogP contribution is 2.15. The van der Waals surface area contributed by atoms with E-state index < -0.39 is 0 Å². The van der Waals surface area contributed by atoms with Crippen molar-refractivity contribution < 1.29 is 9.84 Å². The largest absolute Gasteiger partial charge is 0.394 e. The number of methoxy groups -OCH3 is 1. The predicted molar refractivity (Wildman–Crippen MR) is 46.3 cm³/mol. The van der Waals surface area contributed by atoms with Gasteiger partial charge in [-0.1, -0.05) is 0 Å². The second kappa shape index (κ2) is 4.33. The van der Waals surface area contributed by atoms with Crippen molar-refractivity contribution in [3.8, 4) is 0 Å². The van der Waals surface area contributed by atoms with Crippen LogP contribution in [0.4, 0.5) is 0 Å². The molecule has 0 spiro atoms. The first kappa shape index (κ1) is 9.35. The lowest BCUT2D eigenvalue weighted by molar-refractivity contribution is 0.00759. The molecule has 0 aromatic carbocycles. The molecule has 0 radical (unpaired) electrons. The lowest BCUT2D eigenvalue weighted by atomic mass is 9.96. The molecule has 1 rings (SSSR count). The van der Waals surface area contributed by atoms with E-state index in [4.69, 9.17) is 15.6 Å². The number of nitrogens with one attached hydrogen (secondary N) is 1. The third-order valence-electron chi connectivity index (χ3n) is 2.22. The summed E-state index contributed by atoms with van der Waals surface area (Å²) in [6.45, 7) is 0.845. The fourth-order valence-electron chi connectivity index (χ4n) is 1.38. The van der Waals surface area contributed by atoms with Crippen molar-refractivity contribution >= 4 is 0 Å². The maximum absolute atomic E-state index is 8.94. The van der Waals surface area contributed by atoms with Gasteiger partial charge in [0.25, 0.3) is 0 Å². The number of aliphatic hydroxyl groups is 1. The summed E-state index contributed by atoms with van der Waals surface area (Å²) in [5.41, 5.74) is 5.53. The van der Waals surface area contributed by atoms with Gasteiger partial charge < -0.3 is 20.9 Å². The van der Waals surface area contributed by atoms with Crippen molar-refractivity contribution in [2.24, 2.45) is 11.7 Å². The maximum Gasteiger partial charge on any atom is 0.0919 e. The Morgan fingerprint density at radius 2 is 2.67 bits per heavy atom. The van der Waals surface area contributed by atoms with E-state index in [1.807, 2.05) is 6.08 Å². The van der Waals surface area contributed by atoms with Crippen molar-refractivity contribution in [3.05, 3.63) is 11.9 Å². The Labute approximate surface area is 72.4 Å². The quantitative estimate of drug-likeness (QED) is 0.532. The van der Waals surface area contributed by atoms with Gasteiger partial charge in [0, 0.05) is 19.6 Å². The molecule has 0 aromatic rings. The molecular formula is C8H16N2O2. The molecule has 0 saturated heterocycles. The Balaban J connectivity index is 2.43. The molecule has 0 saturated carbocycles. The summed E-state index contributed by atoms with van der Waals surface area (Å²) in [7, 11) is 1.61. The van der Waals surface area contributed by atoms with Gasteiger partial charge in [0.2, 0.25) is 0 Å². The molecule has 0 fully saturated rings. The minimum absolute atomic E-state index is 0.0661. The number of rotatable bonds is 3. The summed E-state index contributed by atoms with van der Waals surface area (Å²) in [5.74, 6) is 1.05. The monoisotopic (exact) mass is 172 g/mol. The lowest BCUT2D eigenvalue weighted by Crippen LogP contribution is -2.38. The van der Waals surface area contributed by atoms with E-state index in [1.165, 1.54) is 0 Å². The third-order valence-corrected chi connectivity index (χ3v) is 2.22. The van der Waals surface area contributed by atoms with Crippen molar-refractivity contribution in [2.45, 2.75) is 12.5 Å². The van der Waals surface area contributed by atoms with Crippen LogP contribution >= 0.6 is 0 Å². The molecular weight excluding hydrogens is 156 g/mol. The van der Waals surface area contributed by atoms with Crippen LogP contribution in [0.3, 0.4) is 0 Å². The maximum atomic E-state index is 8.94. The predicted octanol–water partition coefficient (Wildman–Crippen LogP) is -0.597. The minimum atomic E-state index is -0.0816. The number of nitrogens with two attached hydrogens (primary N) is 1. The van der Waals surface area contributed by atoms with Crippen LogP contribution in [0.5, 0.6) is 0 Å². The van der Waals surface area contributed by atoms with Crippen LogP contribution in [0.25, 0.3) is 0 Å². The standard InChI is InChI=1S/C8H16N2O2/c1-12-7(5-11)6-2-3-8(9)10-4-6/h3,6-7,10-11H,2,4-5,9H2,1H3. The highest BCUT2D eigenvalue weighted by atomic mass is 16.5. The molecule has 4 N–H and O–H groups in total. The van der Waals surface area contributed by atoms with Crippen LogP contribution in [0, 0.1) is 5.92 Å². The molecule has 4 nitrogen and oxygen atoms in total. The van der Waals surface area contributed by atoms with Crippen LogP contribution in [0.2, 0.25) is 0 Å². The Hall–Kier alpha value is -0.740. The number of hydrogen-bond acceptors (Lipinski definition) is 4. The zero-order chi connectivity index (χ0) is 8.97. The average Bonchev–Trinajstić information content (AvgIpc) is 2.10. The van der Waals surface area contributed by atoms with E-state index in [0.29, 0.717) is 5.92 Å². The fourth-order valence-corrected chi connectivity index (χ4v) is 1.38. The molecule has 0 amide bonds. The van der Waals surface area contributed by atoms with Gasteiger partial charge in [-0.2, -0.15) is 0 Å². The minimum Gasteiger partial charge on any atom is -0.394 e. The highest BCUT2D eigenvalue weighted by molar-refractivity contribution is 5.01. The number of ether oxygens (including phenoxy) is 1. The van der Waals surface area contributed by atoms with E-state index in [-0.39, 0.29) is 12.7 Å². The van der Waals surface area contributed by atoms with Gasteiger partial charge in [0.1, 0.15) is 0 Å². The summed E-state index contributed by atoms with van der Waals surface area (Å²) in [6, 6.07) is 0. The van der Waals surface area contributed by atoms with Crippen LogP contribution in [-0.4, -0.2) is 31.5 Å². The van der Waals surface area contributed by atoms with Gasteiger partial charge in [-0.15, -0.1) is 0 Å². The summed E-state index contributed by atoms with van der Waals surface area (Å²) < 4.78 is 5.11. The Kier molecular flexibility index (Phi) is 3.37. The first-order valence-corrected chi connectivity index (χ1v) is 4.11. The van der Waals surface area contributed by atoms with E-state index >= 15 is 0 Å². The average molecular weight is 172 g/mol. The Morgan fingerprint density at radius 1 is 1.92 bits per heavy atom. The van der Waals surface area contributed by atoms with Crippen LogP contribution in [0.1, 0.15) is 6.42 Å². The van der Waals surface area contributed by atoms with Crippen LogP contribution in [-0.2, 0) is 4.74 Å². The van der Waals surface area contributed by atoms with E-state index in [9.17, 15) is 0 Å². The number of allylic oxidation sites excluding steroid dienone is 1. The zero-order valence-corrected chi connectivity index (χ0v) is 7.29. The van der Waals surface area contributed by atoms with Gasteiger partial charge in [0.15, 0.2) is 0 Å². The topological polar surface area (TPSA) is 67.5 Å². The molecule has 0 aromatic heterocycles. The van der Waals surface area contributed by atoms with Gasteiger partial charge in [-0.3, -0.25) is 0 Å². The molecule has 0 aliphatic carbocycles. The molecule has 1 aliphatic heterocycles. The molecule has 2 atom stereocenters. The summed E-state index contributed by atoms with van der Waals surface area (Å²) in [4.78, 5) is 0. The van der Waals surface area contributed by atoms with Crippen molar-refractivity contribution in [1.29, 1.82) is 0 Å². The van der Waals surface area contributed by atoms with Gasteiger partial charge >= 0.3 is 0 Å². The van der Waals surface area contributed by atoms with Crippen LogP contribution < -0.4 is 11.1 Å².